The van der Waals surface area contributed by atoms with Crippen molar-refractivity contribution >= 4 is 40.2 Å². The van der Waals surface area contributed by atoms with Gasteiger partial charge in [0, 0.05) is 40.7 Å². The predicted molar refractivity (Wildman–Crippen MR) is 134 cm³/mol. The molecule has 0 atom stereocenters. The predicted octanol–water partition coefficient (Wildman–Crippen LogP) is 4.56. The molecule has 0 saturated carbocycles. The van der Waals surface area contributed by atoms with Crippen LogP contribution >= 0.6 is 11.6 Å². The fourth-order valence-corrected chi connectivity index (χ4v) is 4.10. The molecule has 0 aliphatic heterocycles. The number of ether oxygens (including phenoxy) is 1. The molecule has 35 heavy (non-hydrogen) atoms. The number of Topliss-reactive ketones (excluding diaryl/α,β-unsaturated/α-hetero) is 1. The Morgan fingerprint density at radius 2 is 1.60 bits per heavy atom. The Labute approximate surface area is 205 Å². The van der Waals surface area contributed by atoms with E-state index >= 15 is 0 Å². The zero-order valence-corrected chi connectivity index (χ0v) is 19.8. The second-order valence-corrected chi connectivity index (χ2v) is 8.23. The Morgan fingerprint density at radius 1 is 0.943 bits per heavy atom. The third kappa shape index (κ3) is 4.72. The van der Waals surface area contributed by atoms with E-state index in [1.807, 2.05) is 30.3 Å². The van der Waals surface area contributed by atoms with Crippen molar-refractivity contribution in [3.8, 4) is 5.69 Å². The molecule has 1 heterocycles. The highest BCUT2D eigenvalue weighted by atomic mass is 35.5. The molecule has 0 radical (unpaired) electrons. The van der Waals surface area contributed by atoms with Crippen LogP contribution in [0.1, 0.15) is 43.7 Å². The number of carbonyl (C=O) groups excluding carboxylic acids is 3. The lowest BCUT2D eigenvalue weighted by Crippen LogP contribution is -2.30. The number of carbonyl (C=O) groups is 3. The van der Waals surface area contributed by atoms with Gasteiger partial charge in [0.2, 0.25) is 0 Å². The van der Waals surface area contributed by atoms with Crippen LogP contribution in [0.15, 0.2) is 77.6 Å². The van der Waals surface area contributed by atoms with Crippen molar-refractivity contribution in [3.63, 3.8) is 0 Å². The molecular weight excluding hydrogens is 468 g/mol. The molecule has 3 aromatic carbocycles. The molecule has 4 rings (SSSR count). The summed E-state index contributed by atoms with van der Waals surface area (Å²) in [7, 11) is 1.27. The molecule has 0 unspecified atom stereocenters. The number of methoxy groups -OCH3 is 1. The smallest absolute Gasteiger partial charge is 0.337 e. The average molecular weight is 489 g/mol. The number of fused-ring (bicyclic) bond motifs is 1. The molecule has 0 fully saturated rings. The average Bonchev–Trinajstić information content (AvgIpc) is 2.87. The first-order chi connectivity index (χ1) is 16.8. The van der Waals surface area contributed by atoms with E-state index in [1.54, 1.807) is 22.8 Å². The molecule has 0 saturated heterocycles. The highest BCUT2D eigenvalue weighted by Gasteiger charge is 2.22. The summed E-state index contributed by atoms with van der Waals surface area (Å²) < 4.78 is 6.36. The van der Waals surface area contributed by atoms with E-state index in [-0.39, 0.29) is 34.6 Å². The third-order valence-corrected chi connectivity index (χ3v) is 5.81. The monoisotopic (exact) mass is 488 g/mol. The summed E-state index contributed by atoms with van der Waals surface area (Å²) in [6, 6.07) is 19.9. The van der Waals surface area contributed by atoms with Gasteiger partial charge >= 0.3 is 5.97 Å². The summed E-state index contributed by atoms with van der Waals surface area (Å²) in [5.74, 6) is -1.31. The van der Waals surface area contributed by atoms with Crippen LogP contribution in [-0.2, 0) is 11.3 Å². The normalized spacial score (nSPS) is 10.7. The summed E-state index contributed by atoms with van der Waals surface area (Å²) in [6.07, 6.45) is 0. The number of pyridine rings is 1. The highest BCUT2D eigenvalue weighted by Crippen LogP contribution is 2.25. The molecule has 0 bridgehead atoms. The van der Waals surface area contributed by atoms with Gasteiger partial charge in [0.15, 0.2) is 11.2 Å². The number of amides is 1. The van der Waals surface area contributed by atoms with Crippen molar-refractivity contribution in [2.24, 2.45) is 0 Å². The Kier molecular flexibility index (Phi) is 6.80. The van der Waals surface area contributed by atoms with Gasteiger partial charge in [-0.2, -0.15) is 0 Å². The number of hydrogen-bond acceptors (Lipinski definition) is 5. The van der Waals surface area contributed by atoms with Crippen LogP contribution in [0.25, 0.3) is 16.6 Å². The first-order valence-electron chi connectivity index (χ1n) is 10.7. The molecule has 0 aliphatic rings. The molecule has 0 spiro atoms. The van der Waals surface area contributed by atoms with Gasteiger partial charge in [-0.15, -0.1) is 0 Å². The zero-order chi connectivity index (χ0) is 25.1. The Balaban J connectivity index is 1.80. The van der Waals surface area contributed by atoms with Crippen LogP contribution < -0.4 is 10.7 Å². The van der Waals surface area contributed by atoms with Gasteiger partial charge in [-0.05, 0) is 54.6 Å². The molecule has 0 aliphatic carbocycles. The summed E-state index contributed by atoms with van der Waals surface area (Å²) in [5, 5.41) is 3.52. The van der Waals surface area contributed by atoms with Crippen molar-refractivity contribution in [1.29, 1.82) is 0 Å². The van der Waals surface area contributed by atoms with Crippen LogP contribution in [0.2, 0.25) is 5.02 Å². The van der Waals surface area contributed by atoms with Crippen molar-refractivity contribution in [2.45, 2.75) is 13.5 Å². The van der Waals surface area contributed by atoms with E-state index < -0.39 is 11.9 Å². The second kappa shape index (κ2) is 9.95. The first kappa shape index (κ1) is 23.9. The summed E-state index contributed by atoms with van der Waals surface area (Å²) in [4.78, 5) is 50.7. The minimum atomic E-state index is -0.513. The fourth-order valence-electron chi connectivity index (χ4n) is 3.93. The molecule has 1 amide bonds. The quantitative estimate of drug-likeness (QED) is 0.317. The molecule has 7 nitrogen and oxygen atoms in total. The number of esters is 1. The molecule has 1 N–H and O–H groups in total. The maximum Gasteiger partial charge on any atom is 0.337 e. The van der Waals surface area contributed by atoms with E-state index in [4.69, 9.17) is 11.6 Å². The number of hydrogen-bond donors (Lipinski definition) is 1. The molecule has 176 valence electrons. The Morgan fingerprint density at radius 3 is 2.23 bits per heavy atom. The summed E-state index contributed by atoms with van der Waals surface area (Å²) in [6.45, 7) is 1.21. The summed E-state index contributed by atoms with van der Waals surface area (Å²) in [5.41, 5.74) is 1.73. The van der Waals surface area contributed by atoms with Gasteiger partial charge in [0.05, 0.1) is 23.9 Å². The Hall–Kier alpha value is -4.23. The van der Waals surface area contributed by atoms with Gasteiger partial charge in [0.1, 0.15) is 0 Å². The second-order valence-electron chi connectivity index (χ2n) is 7.80. The van der Waals surface area contributed by atoms with Crippen molar-refractivity contribution in [1.82, 2.24) is 9.88 Å². The minimum Gasteiger partial charge on any atom is -0.465 e. The number of benzene rings is 3. The van der Waals surface area contributed by atoms with Gasteiger partial charge in [-0.3, -0.25) is 14.4 Å². The van der Waals surface area contributed by atoms with E-state index in [0.29, 0.717) is 27.2 Å². The number of halogens is 1. The van der Waals surface area contributed by atoms with Crippen LogP contribution in [0, 0.1) is 0 Å². The van der Waals surface area contributed by atoms with Gasteiger partial charge in [0.25, 0.3) is 5.91 Å². The number of rotatable bonds is 6. The standard InChI is InChI=1S/C27H21ClN2O5/c1-16(31)24-22(15-29-26(33)17-8-10-18(11-9-17)27(34)35-2)25(32)21-13-12-19(28)14-23(21)30(24)20-6-4-3-5-7-20/h3-14H,15H2,1-2H3,(H,29,33). The van der Waals surface area contributed by atoms with E-state index in [1.165, 1.54) is 38.3 Å². The number of ketones is 1. The van der Waals surface area contributed by atoms with Crippen molar-refractivity contribution in [2.75, 3.05) is 7.11 Å². The lowest BCUT2D eigenvalue weighted by Gasteiger charge is -2.19. The lowest BCUT2D eigenvalue weighted by atomic mass is 10.0. The van der Waals surface area contributed by atoms with E-state index in [2.05, 4.69) is 10.1 Å². The van der Waals surface area contributed by atoms with Gasteiger partial charge in [-0.25, -0.2) is 4.79 Å². The van der Waals surface area contributed by atoms with Crippen LogP contribution in [0.5, 0.6) is 0 Å². The number of para-hydroxylation sites is 1. The third-order valence-electron chi connectivity index (χ3n) is 5.57. The van der Waals surface area contributed by atoms with Gasteiger partial charge in [-0.1, -0.05) is 29.8 Å². The maximum atomic E-state index is 13.4. The number of nitrogens with one attached hydrogen (secondary N) is 1. The maximum absolute atomic E-state index is 13.4. The molecule has 4 aromatic rings. The lowest BCUT2D eigenvalue weighted by molar-refractivity contribution is 0.0600. The van der Waals surface area contributed by atoms with Crippen LogP contribution in [-0.4, -0.2) is 29.3 Å². The molecule has 1 aromatic heterocycles. The zero-order valence-electron chi connectivity index (χ0n) is 19.0. The SMILES string of the molecule is COC(=O)c1ccc(C(=O)NCc2c(C(C)=O)n(-c3ccccc3)c3cc(Cl)ccc3c2=O)cc1. The number of nitrogens with zero attached hydrogens (tertiary/aromatic N) is 1. The summed E-state index contributed by atoms with van der Waals surface area (Å²) >= 11 is 6.23. The van der Waals surface area contributed by atoms with Gasteiger partial charge < -0.3 is 14.6 Å². The largest absolute Gasteiger partial charge is 0.465 e. The number of aromatic nitrogens is 1. The highest BCUT2D eigenvalue weighted by molar-refractivity contribution is 6.31. The van der Waals surface area contributed by atoms with E-state index in [0.717, 1.165) is 0 Å². The van der Waals surface area contributed by atoms with E-state index in [9.17, 15) is 19.2 Å². The fraction of sp³-hybridized carbons (Fsp3) is 0.111. The molecular formula is C27H21ClN2O5. The van der Waals surface area contributed by atoms with Crippen molar-refractivity contribution < 1.29 is 19.1 Å². The van der Waals surface area contributed by atoms with Crippen LogP contribution in [0.4, 0.5) is 0 Å². The minimum absolute atomic E-state index is 0.163. The topological polar surface area (TPSA) is 94.5 Å². The Bertz CT molecular complexity index is 1510. The van der Waals surface area contributed by atoms with Crippen molar-refractivity contribution in [3.05, 3.63) is 110 Å². The van der Waals surface area contributed by atoms with Crippen LogP contribution in [0.3, 0.4) is 0 Å². The first-order valence-corrected chi connectivity index (χ1v) is 11.1. The molecule has 8 heteroatoms.